The maximum absolute atomic E-state index is 12.6. The van der Waals surface area contributed by atoms with Gasteiger partial charge in [-0.15, -0.1) is 0 Å². The topological polar surface area (TPSA) is 60.9 Å². The van der Waals surface area contributed by atoms with Crippen LogP contribution in [0, 0.1) is 0 Å². The molecule has 1 heterocycles. The van der Waals surface area contributed by atoms with Crippen LogP contribution >= 0.6 is 0 Å². The quantitative estimate of drug-likeness (QED) is 0.882. The van der Waals surface area contributed by atoms with Crippen LogP contribution < -0.4 is 0 Å². The Bertz CT molecular complexity index is 572. The molecular formula is C15H24N2O3S. The van der Waals surface area contributed by atoms with Crippen LogP contribution in [0.2, 0.25) is 0 Å². The van der Waals surface area contributed by atoms with Gasteiger partial charge in [-0.1, -0.05) is 24.3 Å². The molecular weight excluding hydrogens is 288 g/mol. The number of aliphatic hydroxyl groups excluding tert-OH is 1. The number of hydrogen-bond donors (Lipinski definition) is 1. The van der Waals surface area contributed by atoms with E-state index < -0.39 is 10.0 Å². The van der Waals surface area contributed by atoms with E-state index in [1.54, 1.807) is 28.6 Å². The molecule has 1 unspecified atom stereocenters. The lowest BCUT2D eigenvalue weighted by Gasteiger charge is -2.35. The van der Waals surface area contributed by atoms with Crippen molar-refractivity contribution >= 4 is 10.0 Å². The summed E-state index contributed by atoms with van der Waals surface area (Å²) in [5.41, 5.74) is 1.47. The van der Waals surface area contributed by atoms with Crippen molar-refractivity contribution in [1.82, 2.24) is 9.21 Å². The molecule has 0 spiro atoms. The summed E-state index contributed by atoms with van der Waals surface area (Å²) < 4.78 is 26.7. The maximum atomic E-state index is 12.6. The van der Waals surface area contributed by atoms with Gasteiger partial charge in [-0.25, -0.2) is 12.7 Å². The fourth-order valence-electron chi connectivity index (χ4n) is 2.71. The first-order chi connectivity index (χ1) is 9.92. The number of rotatable bonds is 5. The average Bonchev–Trinajstić information content (AvgIpc) is 2.47. The maximum Gasteiger partial charge on any atom is 0.218 e. The second-order valence-corrected chi connectivity index (χ2v) is 7.82. The second kappa shape index (κ2) is 6.87. The van der Waals surface area contributed by atoms with Crippen LogP contribution in [0.25, 0.3) is 0 Å². The summed E-state index contributed by atoms with van der Waals surface area (Å²) >= 11 is 0. The van der Waals surface area contributed by atoms with Gasteiger partial charge in [0.15, 0.2) is 0 Å². The lowest BCUT2D eigenvalue weighted by molar-refractivity contribution is 0.190. The highest BCUT2D eigenvalue weighted by molar-refractivity contribution is 7.88. The van der Waals surface area contributed by atoms with Crippen LogP contribution in [0.3, 0.4) is 0 Å². The normalized spacial score (nSPS) is 20.9. The Morgan fingerprint density at radius 2 is 2.05 bits per heavy atom. The number of likely N-dealkylation sites (N-methyl/N-ethyl adjacent to an activating group) is 1. The zero-order valence-electron chi connectivity index (χ0n) is 12.7. The second-order valence-electron chi connectivity index (χ2n) is 5.85. The number of sulfonamides is 1. The molecule has 6 heteroatoms. The molecule has 0 saturated carbocycles. The Kier molecular flexibility index (Phi) is 5.37. The average molecular weight is 312 g/mol. The number of piperidine rings is 1. The highest BCUT2D eigenvalue weighted by Crippen LogP contribution is 2.20. The van der Waals surface area contributed by atoms with Gasteiger partial charge in [0.1, 0.15) is 0 Å². The van der Waals surface area contributed by atoms with Crippen molar-refractivity contribution < 1.29 is 13.5 Å². The highest BCUT2D eigenvalue weighted by Gasteiger charge is 2.29. The predicted octanol–water partition coefficient (Wildman–Crippen LogP) is 1.03. The van der Waals surface area contributed by atoms with Gasteiger partial charge in [0.25, 0.3) is 0 Å². The van der Waals surface area contributed by atoms with E-state index in [1.807, 2.05) is 14.1 Å². The van der Waals surface area contributed by atoms with E-state index in [9.17, 15) is 8.42 Å². The first-order valence-corrected chi connectivity index (χ1v) is 8.86. The number of nitrogens with zero attached hydrogens (tertiary/aromatic N) is 2. The summed E-state index contributed by atoms with van der Waals surface area (Å²) in [6, 6.07) is 7.42. The van der Waals surface area contributed by atoms with Crippen molar-refractivity contribution in [2.45, 2.75) is 31.2 Å². The molecule has 1 aromatic rings. The standard InChI is InChI=1S/C15H24N2O3S/c1-16(2)15-7-4-8-17(10-15)21(19,20)12-14-6-3-5-13(9-14)11-18/h3,5-6,9,15,18H,4,7-8,10-12H2,1-2H3. The lowest BCUT2D eigenvalue weighted by Crippen LogP contribution is -2.47. The van der Waals surface area contributed by atoms with E-state index in [2.05, 4.69) is 4.90 Å². The first kappa shape index (κ1) is 16.4. The van der Waals surface area contributed by atoms with Crippen LogP contribution in [0.4, 0.5) is 0 Å². The van der Waals surface area contributed by atoms with E-state index in [-0.39, 0.29) is 18.4 Å². The number of benzene rings is 1. The monoisotopic (exact) mass is 312 g/mol. The molecule has 2 rings (SSSR count). The minimum atomic E-state index is -3.30. The van der Waals surface area contributed by atoms with Crippen molar-refractivity contribution in [2.75, 3.05) is 27.2 Å². The Labute approximate surface area is 127 Å². The third-order valence-corrected chi connectivity index (χ3v) is 5.82. The largest absolute Gasteiger partial charge is 0.392 e. The van der Waals surface area contributed by atoms with Gasteiger partial charge in [0.2, 0.25) is 10.0 Å². The predicted molar refractivity (Wildman–Crippen MR) is 83.3 cm³/mol. The molecule has 0 aromatic heterocycles. The van der Waals surface area contributed by atoms with Gasteiger partial charge < -0.3 is 10.0 Å². The SMILES string of the molecule is CN(C)C1CCCN(S(=O)(=O)Cc2cccc(CO)c2)C1. The molecule has 0 amide bonds. The van der Waals surface area contributed by atoms with Gasteiger partial charge >= 0.3 is 0 Å². The third-order valence-electron chi connectivity index (χ3n) is 4.01. The number of hydrogen-bond acceptors (Lipinski definition) is 4. The van der Waals surface area contributed by atoms with E-state index in [1.165, 1.54) is 0 Å². The lowest BCUT2D eigenvalue weighted by atomic mass is 10.1. The first-order valence-electron chi connectivity index (χ1n) is 7.25. The molecule has 1 fully saturated rings. The van der Waals surface area contributed by atoms with Crippen molar-refractivity contribution in [2.24, 2.45) is 0 Å². The van der Waals surface area contributed by atoms with Gasteiger partial charge in [0, 0.05) is 19.1 Å². The molecule has 1 aliphatic heterocycles. The summed E-state index contributed by atoms with van der Waals surface area (Å²) in [4.78, 5) is 2.09. The summed E-state index contributed by atoms with van der Waals surface area (Å²) in [5, 5.41) is 9.14. The Hall–Kier alpha value is -0.950. The fraction of sp³-hybridized carbons (Fsp3) is 0.600. The van der Waals surface area contributed by atoms with Crippen LogP contribution in [0.15, 0.2) is 24.3 Å². The molecule has 5 nitrogen and oxygen atoms in total. The van der Waals surface area contributed by atoms with Crippen molar-refractivity contribution in [3.05, 3.63) is 35.4 Å². The van der Waals surface area contributed by atoms with Crippen molar-refractivity contribution in [3.8, 4) is 0 Å². The molecule has 1 N–H and O–H groups in total. The van der Waals surface area contributed by atoms with Crippen LogP contribution in [0.1, 0.15) is 24.0 Å². The summed E-state index contributed by atoms with van der Waals surface area (Å²) in [6.45, 7) is 1.10. The summed E-state index contributed by atoms with van der Waals surface area (Å²) in [5.74, 6) is 0.000981. The van der Waals surface area contributed by atoms with Crippen LogP contribution in [0.5, 0.6) is 0 Å². The summed E-state index contributed by atoms with van der Waals surface area (Å²) in [7, 11) is 0.680. The molecule has 0 bridgehead atoms. The van der Waals surface area contributed by atoms with E-state index >= 15 is 0 Å². The number of aliphatic hydroxyl groups is 1. The fourth-order valence-corrected chi connectivity index (χ4v) is 4.30. The van der Waals surface area contributed by atoms with Gasteiger partial charge in [0.05, 0.1) is 12.4 Å². The zero-order valence-corrected chi connectivity index (χ0v) is 13.5. The minimum Gasteiger partial charge on any atom is -0.392 e. The van der Waals surface area contributed by atoms with Gasteiger partial charge in [-0.2, -0.15) is 0 Å². The third kappa shape index (κ3) is 4.26. The van der Waals surface area contributed by atoms with Gasteiger partial charge in [-0.3, -0.25) is 0 Å². The smallest absolute Gasteiger partial charge is 0.218 e. The van der Waals surface area contributed by atoms with Gasteiger partial charge in [-0.05, 0) is 38.1 Å². The molecule has 1 saturated heterocycles. The minimum absolute atomic E-state index is 0.000981. The zero-order chi connectivity index (χ0) is 15.5. The van der Waals surface area contributed by atoms with Crippen LogP contribution in [-0.4, -0.2) is 56.0 Å². The Morgan fingerprint density at radius 1 is 1.33 bits per heavy atom. The molecule has 0 aliphatic carbocycles. The Morgan fingerprint density at radius 3 is 2.71 bits per heavy atom. The Balaban J connectivity index is 2.10. The molecule has 1 aliphatic rings. The molecule has 1 atom stereocenters. The van der Waals surface area contributed by atoms with Crippen LogP contribution in [-0.2, 0) is 22.4 Å². The van der Waals surface area contributed by atoms with Crippen molar-refractivity contribution in [3.63, 3.8) is 0 Å². The molecule has 1 aromatic carbocycles. The summed E-state index contributed by atoms with van der Waals surface area (Å²) in [6.07, 6.45) is 1.94. The molecule has 21 heavy (non-hydrogen) atoms. The highest BCUT2D eigenvalue weighted by atomic mass is 32.2. The molecule has 0 radical (unpaired) electrons. The van der Waals surface area contributed by atoms with E-state index in [0.29, 0.717) is 13.1 Å². The van der Waals surface area contributed by atoms with E-state index in [0.717, 1.165) is 24.0 Å². The molecule has 118 valence electrons. The van der Waals surface area contributed by atoms with E-state index in [4.69, 9.17) is 5.11 Å². The van der Waals surface area contributed by atoms with Crippen molar-refractivity contribution in [1.29, 1.82) is 0 Å².